The number of pyridine rings is 2. The molecule has 1 N–H and O–H groups in total. The van der Waals surface area contributed by atoms with E-state index in [1.165, 1.54) is 19.3 Å². The minimum Gasteiger partial charge on any atom is -0.370 e. The van der Waals surface area contributed by atoms with Crippen LogP contribution in [0.1, 0.15) is 56.6 Å². The number of hydrogen-bond acceptors (Lipinski definition) is 6. The molecule has 5 rings (SSSR count). The maximum atomic E-state index is 13.1. The lowest BCUT2D eigenvalue weighted by Crippen LogP contribution is -2.29. The molecule has 0 spiro atoms. The van der Waals surface area contributed by atoms with E-state index in [9.17, 15) is 4.79 Å². The van der Waals surface area contributed by atoms with Crippen LogP contribution >= 0.6 is 15.9 Å². The predicted octanol–water partition coefficient (Wildman–Crippen LogP) is 5.11. The molecule has 2 aliphatic rings. The quantitative estimate of drug-likeness (QED) is 0.556. The molecule has 3 aromatic heterocycles. The molecule has 1 aliphatic carbocycles. The topological polar surface area (TPSA) is 75.9 Å². The largest absolute Gasteiger partial charge is 0.370 e. The minimum absolute atomic E-state index is 0.00874. The van der Waals surface area contributed by atoms with Gasteiger partial charge in [0.25, 0.3) is 5.56 Å². The summed E-state index contributed by atoms with van der Waals surface area (Å²) in [5.74, 6) is 1.15. The summed E-state index contributed by atoms with van der Waals surface area (Å²) < 4.78 is 2.46. The SMILES string of the molecule is Cc1c(Br)c(=O)n(C2CCCC2)c2nc(Nc3ccc(N4CCCCC4)cn3)ncc12. The Morgan fingerprint density at radius 2 is 1.81 bits per heavy atom. The molecule has 0 atom stereocenters. The highest BCUT2D eigenvalue weighted by Crippen LogP contribution is 2.32. The van der Waals surface area contributed by atoms with E-state index in [1.54, 1.807) is 6.20 Å². The molecule has 31 heavy (non-hydrogen) atoms. The van der Waals surface area contributed by atoms with Gasteiger partial charge in [-0.1, -0.05) is 12.8 Å². The van der Waals surface area contributed by atoms with Gasteiger partial charge in [-0.25, -0.2) is 9.97 Å². The normalized spacial score (nSPS) is 17.4. The van der Waals surface area contributed by atoms with Gasteiger partial charge in [-0.2, -0.15) is 4.98 Å². The van der Waals surface area contributed by atoms with E-state index in [4.69, 9.17) is 4.98 Å². The molecule has 1 saturated carbocycles. The molecule has 1 saturated heterocycles. The van der Waals surface area contributed by atoms with Gasteiger partial charge in [-0.3, -0.25) is 9.36 Å². The molecule has 0 amide bonds. The smallest absolute Gasteiger partial charge is 0.267 e. The highest BCUT2D eigenvalue weighted by atomic mass is 79.9. The van der Waals surface area contributed by atoms with E-state index in [0.717, 1.165) is 55.4 Å². The van der Waals surface area contributed by atoms with Crippen molar-refractivity contribution in [2.75, 3.05) is 23.3 Å². The number of hydrogen-bond donors (Lipinski definition) is 1. The summed E-state index contributed by atoms with van der Waals surface area (Å²) in [5, 5.41) is 4.12. The summed E-state index contributed by atoms with van der Waals surface area (Å²) >= 11 is 3.49. The fourth-order valence-corrected chi connectivity index (χ4v) is 5.18. The molecule has 0 bridgehead atoms. The number of aryl methyl sites for hydroxylation is 1. The van der Waals surface area contributed by atoms with Crippen LogP contribution in [-0.4, -0.2) is 32.6 Å². The lowest BCUT2D eigenvalue weighted by Gasteiger charge is -2.28. The van der Waals surface area contributed by atoms with Crippen LogP contribution in [0, 0.1) is 6.92 Å². The Morgan fingerprint density at radius 1 is 1.03 bits per heavy atom. The molecule has 0 aromatic carbocycles. The van der Waals surface area contributed by atoms with Crippen molar-refractivity contribution in [3.05, 3.63) is 44.9 Å². The van der Waals surface area contributed by atoms with Crippen LogP contribution in [0.15, 0.2) is 33.8 Å². The zero-order chi connectivity index (χ0) is 21.4. The first kappa shape index (κ1) is 20.4. The Balaban J connectivity index is 1.47. The van der Waals surface area contributed by atoms with E-state index in [-0.39, 0.29) is 11.6 Å². The van der Waals surface area contributed by atoms with Gasteiger partial charge < -0.3 is 10.2 Å². The third-order valence-electron chi connectivity index (χ3n) is 6.54. The molecule has 1 aliphatic heterocycles. The maximum absolute atomic E-state index is 13.1. The molecule has 162 valence electrons. The van der Waals surface area contributed by atoms with Gasteiger partial charge in [0.15, 0.2) is 0 Å². The number of rotatable bonds is 4. The van der Waals surface area contributed by atoms with Crippen molar-refractivity contribution in [1.82, 2.24) is 19.5 Å². The van der Waals surface area contributed by atoms with Crippen LogP contribution in [-0.2, 0) is 0 Å². The van der Waals surface area contributed by atoms with Crippen molar-refractivity contribution < 1.29 is 0 Å². The molecule has 0 unspecified atom stereocenters. The van der Waals surface area contributed by atoms with Gasteiger partial charge in [-0.15, -0.1) is 0 Å². The third kappa shape index (κ3) is 3.93. The highest BCUT2D eigenvalue weighted by Gasteiger charge is 2.24. The molecule has 8 heteroatoms. The number of nitrogens with zero attached hydrogens (tertiary/aromatic N) is 5. The number of piperidine rings is 1. The molecular formula is C23H27BrN6O. The van der Waals surface area contributed by atoms with Gasteiger partial charge in [-0.05, 0) is 72.7 Å². The van der Waals surface area contributed by atoms with Crippen molar-refractivity contribution in [3.63, 3.8) is 0 Å². The van der Waals surface area contributed by atoms with Crippen molar-refractivity contribution >= 4 is 44.4 Å². The molecule has 0 radical (unpaired) electrons. The number of anilines is 3. The van der Waals surface area contributed by atoms with Crippen molar-refractivity contribution in [1.29, 1.82) is 0 Å². The Kier molecular flexibility index (Phi) is 5.65. The second-order valence-corrected chi connectivity index (χ2v) is 9.35. The lowest BCUT2D eigenvalue weighted by molar-refractivity contribution is 0.514. The summed E-state index contributed by atoms with van der Waals surface area (Å²) in [4.78, 5) is 29.3. The summed E-state index contributed by atoms with van der Waals surface area (Å²) in [6.07, 6.45) is 11.8. The third-order valence-corrected chi connectivity index (χ3v) is 7.47. The summed E-state index contributed by atoms with van der Waals surface area (Å²) in [6.45, 7) is 4.12. The van der Waals surface area contributed by atoms with Gasteiger partial charge in [0.05, 0.1) is 16.4 Å². The fourth-order valence-electron chi connectivity index (χ4n) is 4.78. The van der Waals surface area contributed by atoms with Crippen LogP contribution in [0.2, 0.25) is 0 Å². The predicted molar refractivity (Wildman–Crippen MR) is 127 cm³/mol. The number of fused-ring (bicyclic) bond motifs is 1. The highest BCUT2D eigenvalue weighted by molar-refractivity contribution is 9.10. The summed E-state index contributed by atoms with van der Waals surface area (Å²) in [7, 11) is 0. The zero-order valence-electron chi connectivity index (χ0n) is 17.8. The van der Waals surface area contributed by atoms with Gasteiger partial charge >= 0.3 is 0 Å². The average molecular weight is 483 g/mol. The van der Waals surface area contributed by atoms with Crippen LogP contribution < -0.4 is 15.8 Å². The van der Waals surface area contributed by atoms with Crippen molar-refractivity contribution in [3.8, 4) is 0 Å². The molecular weight excluding hydrogens is 456 g/mol. The zero-order valence-corrected chi connectivity index (χ0v) is 19.4. The van der Waals surface area contributed by atoms with Gasteiger partial charge in [0.1, 0.15) is 11.5 Å². The summed E-state index contributed by atoms with van der Waals surface area (Å²) in [6, 6.07) is 4.25. The van der Waals surface area contributed by atoms with E-state index in [1.807, 2.05) is 23.8 Å². The Hall–Kier alpha value is -2.48. The Labute approximate surface area is 190 Å². The van der Waals surface area contributed by atoms with Crippen LogP contribution in [0.25, 0.3) is 11.0 Å². The van der Waals surface area contributed by atoms with E-state index < -0.39 is 0 Å². The first-order valence-corrected chi connectivity index (χ1v) is 12.0. The lowest BCUT2D eigenvalue weighted by atomic mass is 10.1. The Morgan fingerprint density at radius 3 is 2.52 bits per heavy atom. The average Bonchev–Trinajstić information content (AvgIpc) is 3.33. The second-order valence-electron chi connectivity index (χ2n) is 8.56. The van der Waals surface area contributed by atoms with Crippen molar-refractivity contribution in [2.45, 2.75) is 57.9 Å². The Bertz CT molecular complexity index is 1150. The van der Waals surface area contributed by atoms with E-state index in [2.05, 4.69) is 42.2 Å². The standard InChI is InChI=1S/C23H27BrN6O/c1-15-18-14-26-23(27-19-10-9-17(13-25-19)29-11-5-2-6-12-29)28-21(18)30(22(31)20(15)24)16-7-3-4-8-16/h9-10,13-14,16H,2-8,11-12H2,1H3,(H,25,26,27,28). The number of aromatic nitrogens is 4. The van der Waals surface area contributed by atoms with E-state index in [0.29, 0.717) is 21.9 Å². The second kappa shape index (κ2) is 8.57. The molecule has 2 fully saturated rings. The minimum atomic E-state index is -0.00874. The summed E-state index contributed by atoms with van der Waals surface area (Å²) in [5.41, 5.74) is 2.72. The monoisotopic (exact) mass is 482 g/mol. The van der Waals surface area contributed by atoms with Gasteiger partial charge in [0.2, 0.25) is 5.95 Å². The first-order chi connectivity index (χ1) is 15.1. The van der Waals surface area contributed by atoms with Crippen LogP contribution in [0.5, 0.6) is 0 Å². The molecule has 7 nitrogen and oxygen atoms in total. The number of halogens is 1. The molecule has 4 heterocycles. The number of nitrogens with one attached hydrogen (secondary N) is 1. The van der Waals surface area contributed by atoms with Crippen LogP contribution in [0.3, 0.4) is 0 Å². The maximum Gasteiger partial charge on any atom is 0.267 e. The first-order valence-electron chi connectivity index (χ1n) is 11.2. The van der Waals surface area contributed by atoms with E-state index >= 15 is 0 Å². The fraction of sp³-hybridized carbons (Fsp3) is 0.478. The van der Waals surface area contributed by atoms with Crippen LogP contribution in [0.4, 0.5) is 17.5 Å². The molecule has 3 aromatic rings. The van der Waals surface area contributed by atoms with Crippen molar-refractivity contribution in [2.24, 2.45) is 0 Å². The van der Waals surface area contributed by atoms with Gasteiger partial charge in [0, 0.05) is 30.7 Å².